The molecule has 0 spiro atoms. The zero-order chi connectivity index (χ0) is 25.1. The summed E-state index contributed by atoms with van der Waals surface area (Å²) in [7, 11) is 0. The van der Waals surface area contributed by atoms with E-state index in [0.29, 0.717) is 29.3 Å². The summed E-state index contributed by atoms with van der Waals surface area (Å²) in [6.07, 6.45) is 0. The second-order valence-electron chi connectivity index (χ2n) is 7.32. The van der Waals surface area contributed by atoms with E-state index in [0.717, 1.165) is 4.90 Å². The first-order chi connectivity index (χ1) is 16.8. The number of hydrogen-bond donors (Lipinski definition) is 2. The van der Waals surface area contributed by atoms with Crippen LogP contribution in [0.5, 0.6) is 5.75 Å². The van der Waals surface area contributed by atoms with Gasteiger partial charge in [-0.15, -0.1) is 0 Å². The molecule has 0 aromatic heterocycles. The number of anilines is 3. The minimum Gasteiger partial charge on any atom is -0.494 e. The molecule has 4 rings (SSSR count). The van der Waals surface area contributed by atoms with Crippen LogP contribution >= 0.6 is 34.8 Å². The van der Waals surface area contributed by atoms with E-state index < -0.39 is 11.8 Å². The van der Waals surface area contributed by atoms with Crippen LogP contribution in [0.25, 0.3) is 0 Å². The molecule has 35 heavy (non-hydrogen) atoms. The summed E-state index contributed by atoms with van der Waals surface area (Å²) in [5.41, 5.74) is 1.48. The van der Waals surface area contributed by atoms with Crippen molar-refractivity contribution in [3.8, 4) is 5.75 Å². The highest BCUT2D eigenvalue weighted by Gasteiger charge is 2.40. The second kappa shape index (κ2) is 10.4. The van der Waals surface area contributed by atoms with Gasteiger partial charge in [0.25, 0.3) is 17.7 Å². The van der Waals surface area contributed by atoms with Crippen LogP contribution in [0.2, 0.25) is 10.0 Å². The van der Waals surface area contributed by atoms with Crippen LogP contribution in [-0.2, 0) is 9.59 Å². The van der Waals surface area contributed by atoms with Crippen molar-refractivity contribution >= 4 is 69.6 Å². The van der Waals surface area contributed by atoms with Gasteiger partial charge in [0.05, 0.1) is 22.3 Å². The summed E-state index contributed by atoms with van der Waals surface area (Å²) >= 11 is 18.4. The van der Waals surface area contributed by atoms with Gasteiger partial charge in [0.1, 0.15) is 16.5 Å². The number of benzene rings is 3. The lowest BCUT2D eigenvalue weighted by atomic mass is 10.2. The third-order valence-electron chi connectivity index (χ3n) is 5.04. The van der Waals surface area contributed by atoms with E-state index in [1.54, 1.807) is 60.7 Å². The van der Waals surface area contributed by atoms with E-state index in [2.05, 4.69) is 10.6 Å². The molecule has 3 aromatic carbocycles. The van der Waals surface area contributed by atoms with E-state index in [1.165, 1.54) is 6.07 Å². The maximum atomic E-state index is 13.0. The first kappa shape index (κ1) is 24.6. The first-order valence-electron chi connectivity index (χ1n) is 10.4. The number of ether oxygens (including phenoxy) is 1. The van der Waals surface area contributed by atoms with Gasteiger partial charge in [0.2, 0.25) is 0 Å². The number of nitrogens with zero attached hydrogens (tertiary/aromatic N) is 1. The van der Waals surface area contributed by atoms with Gasteiger partial charge < -0.3 is 15.4 Å². The van der Waals surface area contributed by atoms with E-state index in [4.69, 9.17) is 39.5 Å². The molecule has 0 saturated heterocycles. The lowest BCUT2D eigenvalue weighted by molar-refractivity contribution is -0.120. The van der Waals surface area contributed by atoms with Crippen LogP contribution < -0.4 is 20.3 Å². The van der Waals surface area contributed by atoms with Crippen molar-refractivity contribution < 1.29 is 19.1 Å². The number of imide groups is 1. The summed E-state index contributed by atoms with van der Waals surface area (Å²) in [6.45, 7) is 2.45. The van der Waals surface area contributed by atoms with E-state index in [9.17, 15) is 14.4 Å². The zero-order valence-corrected chi connectivity index (χ0v) is 20.5. The molecule has 0 aliphatic carbocycles. The Morgan fingerprint density at radius 3 is 2.20 bits per heavy atom. The molecule has 1 aliphatic heterocycles. The molecule has 7 nitrogen and oxygen atoms in total. The summed E-state index contributed by atoms with van der Waals surface area (Å²) < 4.78 is 5.39. The van der Waals surface area contributed by atoms with Gasteiger partial charge in [0.15, 0.2) is 0 Å². The average Bonchev–Trinajstić information content (AvgIpc) is 3.06. The van der Waals surface area contributed by atoms with Crippen LogP contribution in [0.3, 0.4) is 0 Å². The first-order valence-corrected chi connectivity index (χ1v) is 11.6. The molecule has 0 unspecified atom stereocenters. The molecule has 1 heterocycles. The lowest BCUT2D eigenvalue weighted by Gasteiger charge is -2.17. The quantitative estimate of drug-likeness (QED) is 0.362. The highest BCUT2D eigenvalue weighted by Crippen LogP contribution is 2.37. The molecule has 1 aliphatic rings. The molecule has 0 atom stereocenters. The Labute approximate surface area is 216 Å². The van der Waals surface area contributed by atoms with Gasteiger partial charge in [-0.1, -0.05) is 40.9 Å². The van der Waals surface area contributed by atoms with Gasteiger partial charge >= 0.3 is 0 Å². The smallest absolute Gasteiger partial charge is 0.283 e. The van der Waals surface area contributed by atoms with Gasteiger partial charge in [-0.2, -0.15) is 0 Å². The average molecular weight is 531 g/mol. The van der Waals surface area contributed by atoms with Gasteiger partial charge in [-0.3, -0.25) is 14.4 Å². The number of carbonyl (C=O) groups excluding carboxylic acids is 3. The van der Waals surface area contributed by atoms with Crippen molar-refractivity contribution in [3.63, 3.8) is 0 Å². The molecule has 3 aromatic rings. The number of halogens is 3. The number of carbonyl (C=O) groups is 3. The SMILES string of the molecule is CCOc1ccc(NC(=O)c2ccc(NC3=C(Cl)C(=O)N(c4cccc(Cl)c4Cl)C3=O)cc2)cc1. The third kappa shape index (κ3) is 5.12. The number of nitrogens with one attached hydrogen (secondary N) is 2. The van der Waals surface area contributed by atoms with Crippen LogP contribution in [0.4, 0.5) is 17.1 Å². The van der Waals surface area contributed by atoms with E-state index >= 15 is 0 Å². The minimum absolute atomic E-state index is 0.0597. The van der Waals surface area contributed by atoms with Gasteiger partial charge in [-0.05, 0) is 67.6 Å². The summed E-state index contributed by atoms with van der Waals surface area (Å²) in [6, 6.07) is 18.0. The number of rotatable bonds is 7. The fourth-order valence-electron chi connectivity index (χ4n) is 3.35. The normalized spacial score (nSPS) is 13.3. The molecule has 0 saturated carbocycles. The Balaban J connectivity index is 1.46. The molecule has 0 radical (unpaired) electrons. The van der Waals surface area contributed by atoms with Crippen molar-refractivity contribution in [2.45, 2.75) is 6.92 Å². The Morgan fingerprint density at radius 1 is 0.886 bits per heavy atom. The predicted molar refractivity (Wildman–Crippen MR) is 137 cm³/mol. The predicted octanol–water partition coefficient (Wildman–Crippen LogP) is 6.08. The molecule has 2 N–H and O–H groups in total. The van der Waals surface area contributed by atoms with E-state index in [1.807, 2.05) is 6.92 Å². The highest BCUT2D eigenvalue weighted by atomic mass is 35.5. The maximum absolute atomic E-state index is 13.0. The fourth-order valence-corrected chi connectivity index (χ4v) is 3.94. The zero-order valence-electron chi connectivity index (χ0n) is 18.3. The maximum Gasteiger partial charge on any atom is 0.283 e. The van der Waals surface area contributed by atoms with Crippen molar-refractivity contribution in [2.75, 3.05) is 22.1 Å². The van der Waals surface area contributed by atoms with Crippen LogP contribution in [0.15, 0.2) is 77.5 Å². The van der Waals surface area contributed by atoms with Crippen molar-refractivity contribution in [1.82, 2.24) is 0 Å². The highest BCUT2D eigenvalue weighted by molar-refractivity contribution is 6.54. The lowest BCUT2D eigenvalue weighted by Crippen LogP contribution is -2.32. The van der Waals surface area contributed by atoms with Crippen LogP contribution in [0.1, 0.15) is 17.3 Å². The largest absolute Gasteiger partial charge is 0.494 e. The second-order valence-corrected chi connectivity index (χ2v) is 8.48. The molecule has 10 heteroatoms. The molecule has 0 bridgehead atoms. The van der Waals surface area contributed by atoms with Crippen molar-refractivity contribution in [2.24, 2.45) is 0 Å². The monoisotopic (exact) mass is 529 g/mol. The standard InChI is InChI=1S/C25H18Cl3N3O4/c1-2-35-17-12-10-16(11-13-17)30-23(32)14-6-8-15(9-7-14)29-22-21(28)24(33)31(25(22)34)19-5-3-4-18(26)20(19)27/h3-13,29H,2H2,1H3,(H,30,32). The summed E-state index contributed by atoms with van der Waals surface area (Å²) in [5, 5.41) is 5.62. The van der Waals surface area contributed by atoms with Crippen LogP contribution in [-0.4, -0.2) is 24.3 Å². The van der Waals surface area contributed by atoms with Crippen molar-refractivity contribution in [3.05, 3.63) is 93.1 Å². The Morgan fingerprint density at radius 2 is 1.54 bits per heavy atom. The third-order valence-corrected chi connectivity index (χ3v) is 6.20. The summed E-state index contributed by atoms with van der Waals surface area (Å²) in [4.78, 5) is 39.1. The molecular weight excluding hydrogens is 513 g/mol. The van der Waals surface area contributed by atoms with Gasteiger partial charge in [-0.25, -0.2) is 4.90 Å². The number of amides is 3. The molecular formula is C25H18Cl3N3O4. The molecule has 178 valence electrons. The molecule has 3 amide bonds. The topological polar surface area (TPSA) is 87.7 Å². The van der Waals surface area contributed by atoms with Crippen LogP contribution in [0, 0.1) is 0 Å². The Hall–Kier alpha value is -3.52. The Kier molecular flexibility index (Phi) is 7.31. The molecule has 0 fully saturated rings. The minimum atomic E-state index is -0.727. The Bertz CT molecular complexity index is 1340. The van der Waals surface area contributed by atoms with E-state index in [-0.39, 0.29) is 32.4 Å². The van der Waals surface area contributed by atoms with Gasteiger partial charge in [0, 0.05) is 16.9 Å². The number of hydrogen-bond acceptors (Lipinski definition) is 5. The van der Waals surface area contributed by atoms with Crippen molar-refractivity contribution in [1.29, 1.82) is 0 Å². The summed E-state index contributed by atoms with van der Waals surface area (Å²) in [5.74, 6) is -1.01. The fraction of sp³-hybridized carbons (Fsp3) is 0.0800.